The molecule has 2 atom stereocenters. The predicted molar refractivity (Wildman–Crippen MR) is 109 cm³/mol. The number of hydrogen-bond donors (Lipinski definition) is 0. The van der Waals surface area contributed by atoms with Crippen molar-refractivity contribution in [2.75, 3.05) is 26.8 Å². The molecule has 2 aliphatic rings. The lowest BCUT2D eigenvalue weighted by atomic mass is 9.81. The van der Waals surface area contributed by atoms with E-state index in [0.717, 1.165) is 6.42 Å². The van der Waals surface area contributed by atoms with E-state index in [0.29, 0.717) is 44.7 Å². The smallest absolute Gasteiger partial charge is 0.257 e. The highest BCUT2D eigenvalue weighted by Crippen LogP contribution is 2.40. The summed E-state index contributed by atoms with van der Waals surface area (Å²) in [4.78, 5) is 18.6. The van der Waals surface area contributed by atoms with Crippen molar-refractivity contribution in [3.8, 4) is 5.75 Å². The third kappa shape index (κ3) is 4.51. The van der Waals surface area contributed by atoms with Gasteiger partial charge < -0.3 is 19.1 Å². The first kappa shape index (κ1) is 21.5. The molecule has 0 N–H and O–H groups in total. The first-order valence-corrected chi connectivity index (χ1v) is 9.99. The van der Waals surface area contributed by atoms with Crippen molar-refractivity contribution >= 4 is 12.6 Å². The van der Waals surface area contributed by atoms with E-state index in [2.05, 4.69) is 18.3 Å². The summed E-state index contributed by atoms with van der Waals surface area (Å²) < 4.78 is 31.4. The Bertz CT molecular complexity index is 774. The summed E-state index contributed by atoms with van der Waals surface area (Å²) in [5, 5.41) is 0. The minimum absolute atomic E-state index is 0.0171. The zero-order chi connectivity index (χ0) is 21.0. The van der Waals surface area contributed by atoms with E-state index in [1.165, 1.54) is 19.2 Å². The van der Waals surface area contributed by atoms with Gasteiger partial charge in [0.25, 0.3) is 5.91 Å². The lowest BCUT2D eigenvalue weighted by molar-refractivity contribution is -0.177. The van der Waals surface area contributed by atoms with Crippen molar-refractivity contribution in [1.29, 1.82) is 0 Å². The maximum atomic E-state index is 14.0. The van der Waals surface area contributed by atoms with Gasteiger partial charge in [0.05, 0.1) is 30.1 Å². The van der Waals surface area contributed by atoms with Gasteiger partial charge >= 0.3 is 0 Å². The summed E-state index contributed by atoms with van der Waals surface area (Å²) in [5.74, 6) is -0.793. The Labute approximate surface area is 171 Å². The van der Waals surface area contributed by atoms with Gasteiger partial charge in [0.15, 0.2) is 11.6 Å². The number of amides is 1. The molecule has 29 heavy (non-hydrogen) atoms. The normalized spacial score (nSPS) is 23.6. The molecule has 1 amide bonds. The molecular formula is C22H29FN2O4. The lowest BCUT2D eigenvalue weighted by Gasteiger charge is -2.48. The summed E-state index contributed by atoms with van der Waals surface area (Å²) in [6.07, 6.45) is 2.64. The Hall–Kier alpha value is -2.25. The van der Waals surface area contributed by atoms with Gasteiger partial charge in [-0.25, -0.2) is 4.39 Å². The fourth-order valence-corrected chi connectivity index (χ4v) is 4.30. The third-order valence-corrected chi connectivity index (χ3v) is 5.81. The number of halogens is 1. The first-order chi connectivity index (χ1) is 13.9. The van der Waals surface area contributed by atoms with Gasteiger partial charge in [0.2, 0.25) is 0 Å². The average Bonchev–Trinajstić information content (AvgIpc) is 2.73. The Balaban J connectivity index is 1.73. The fourth-order valence-electron chi connectivity index (χ4n) is 4.30. The molecule has 7 heteroatoms. The van der Waals surface area contributed by atoms with Gasteiger partial charge in [0.1, 0.15) is 6.10 Å². The number of hydrogen-bond acceptors (Lipinski definition) is 5. The maximum Gasteiger partial charge on any atom is 0.257 e. The van der Waals surface area contributed by atoms with Crippen LogP contribution < -0.4 is 4.74 Å². The zero-order valence-corrected chi connectivity index (χ0v) is 17.2. The fraction of sp³-hybridized carbons (Fsp3) is 0.545. The van der Waals surface area contributed by atoms with Gasteiger partial charge in [0, 0.05) is 32.5 Å². The molecule has 2 heterocycles. The average molecular weight is 404 g/mol. The van der Waals surface area contributed by atoms with Crippen LogP contribution >= 0.6 is 0 Å². The molecule has 6 nitrogen and oxygen atoms in total. The van der Waals surface area contributed by atoms with Crippen LogP contribution in [0.25, 0.3) is 0 Å². The molecular weight excluding hydrogens is 375 g/mol. The van der Waals surface area contributed by atoms with Crippen LogP contribution in [0.2, 0.25) is 0 Å². The first-order valence-electron chi connectivity index (χ1n) is 9.99. The van der Waals surface area contributed by atoms with Crippen molar-refractivity contribution in [2.45, 2.75) is 50.4 Å². The summed E-state index contributed by atoms with van der Waals surface area (Å²) in [7, 11) is 1.37. The molecule has 1 aromatic carbocycles. The highest BCUT2D eigenvalue weighted by atomic mass is 19.1. The molecule has 2 aliphatic heterocycles. The quantitative estimate of drug-likeness (QED) is 0.680. The number of piperidine rings is 1. The van der Waals surface area contributed by atoms with Crippen molar-refractivity contribution in [1.82, 2.24) is 4.90 Å². The largest absolute Gasteiger partial charge is 0.493 e. The third-order valence-electron chi connectivity index (χ3n) is 5.81. The topological polar surface area (TPSA) is 60.4 Å². The van der Waals surface area contributed by atoms with Crippen molar-refractivity contribution < 1.29 is 23.4 Å². The molecule has 1 aromatic rings. The van der Waals surface area contributed by atoms with E-state index in [1.807, 2.05) is 6.92 Å². The van der Waals surface area contributed by atoms with E-state index in [9.17, 15) is 9.18 Å². The van der Waals surface area contributed by atoms with Crippen LogP contribution in [-0.2, 0) is 9.47 Å². The number of carbonyl (C=O) groups excluding carboxylic acids is 1. The second kappa shape index (κ2) is 9.05. The molecule has 0 radical (unpaired) electrons. The summed E-state index contributed by atoms with van der Waals surface area (Å²) in [6.45, 7) is 11.2. The summed E-state index contributed by atoms with van der Waals surface area (Å²) >= 11 is 0. The van der Waals surface area contributed by atoms with Gasteiger partial charge in [-0.3, -0.25) is 9.79 Å². The van der Waals surface area contributed by atoms with Gasteiger partial charge in [-0.05, 0) is 38.6 Å². The van der Waals surface area contributed by atoms with Crippen LogP contribution in [-0.4, -0.2) is 62.1 Å². The molecule has 0 aromatic heterocycles. The second-order valence-corrected chi connectivity index (χ2v) is 7.57. The van der Waals surface area contributed by atoms with Crippen molar-refractivity contribution in [3.05, 3.63) is 41.9 Å². The SMILES string of the molecule is C=NC(=C)C1CC(OCC)CC2(CCN(C(=O)c3cccc(F)c3OC)CC2)O1. The Morgan fingerprint density at radius 2 is 2.14 bits per heavy atom. The van der Waals surface area contributed by atoms with Crippen LogP contribution in [0.5, 0.6) is 5.75 Å². The highest BCUT2D eigenvalue weighted by molar-refractivity contribution is 5.97. The lowest BCUT2D eigenvalue weighted by Crippen LogP contribution is -2.54. The van der Waals surface area contributed by atoms with E-state index in [1.54, 1.807) is 11.0 Å². The minimum atomic E-state index is -0.541. The molecule has 3 rings (SSSR count). The monoisotopic (exact) mass is 404 g/mol. The van der Waals surface area contributed by atoms with Crippen molar-refractivity contribution in [2.24, 2.45) is 4.99 Å². The number of ether oxygens (including phenoxy) is 3. The van der Waals surface area contributed by atoms with Crippen LogP contribution in [0, 0.1) is 5.82 Å². The summed E-state index contributed by atoms with van der Waals surface area (Å²) in [6, 6.07) is 4.39. The van der Waals surface area contributed by atoms with E-state index in [4.69, 9.17) is 14.2 Å². The molecule has 2 unspecified atom stereocenters. The van der Waals surface area contributed by atoms with E-state index < -0.39 is 5.82 Å². The molecule has 158 valence electrons. The Kier molecular flexibility index (Phi) is 6.70. The molecule has 2 saturated heterocycles. The number of carbonyl (C=O) groups is 1. The van der Waals surface area contributed by atoms with Gasteiger partial charge in [-0.15, -0.1) is 0 Å². The van der Waals surface area contributed by atoms with Crippen molar-refractivity contribution in [3.63, 3.8) is 0 Å². The zero-order valence-electron chi connectivity index (χ0n) is 17.2. The number of methoxy groups -OCH3 is 1. The van der Waals surface area contributed by atoms with E-state index >= 15 is 0 Å². The van der Waals surface area contributed by atoms with Crippen LogP contribution in [0.3, 0.4) is 0 Å². The molecule has 0 aliphatic carbocycles. The Morgan fingerprint density at radius 3 is 2.76 bits per heavy atom. The minimum Gasteiger partial charge on any atom is -0.493 e. The maximum absolute atomic E-state index is 14.0. The number of likely N-dealkylation sites (tertiary alicyclic amines) is 1. The molecule has 0 saturated carbocycles. The highest BCUT2D eigenvalue weighted by Gasteiger charge is 2.45. The number of para-hydroxylation sites is 1. The number of nitrogens with zero attached hydrogens (tertiary/aromatic N) is 2. The second-order valence-electron chi connectivity index (χ2n) is 7.57. The van der Waals surface area contributed by atoms with Gasteiger partial charge in [-0.2, -0.15) is 0 Å². The molecule has 0 bridgehead atoms. The molecule has 1 spiro atoms. The van der Waals surface area contributed by atoms with Crippen LogP contribution in [0.1, 0.15) is 43.0 Å². The van der Waals surface area contributed by atoms with E-state index in [-0.39, 0.29) is 35.0 Å². The Morgan fingerprint density at radius 1 is 1.41 bits per heavy atom. The standard InChI is InChI=1S/C22H29FN2O4/c1-5-28-16-13-19(15(2)24-3)29-22(14-16)9-11-25(12-10-22)21(26)17-7-6-8-18(23)20(17)27-4/h6-8,16,19H,2-3,5,9-14H2,1,4H3. The van der Waals surface area contributed by atoms with Crippen LogP contribution in [0.4, 0.5) is 4.39 Å². The predicted octanol–water partition coefficient (Wildman–Crippen LogP) is 3.61. The number of aliphatic imine (C=N–C) groups is 1. The number of rotatable bonds is 6. The molecule has 2 fully saturated rings. The van der Waals surface area contributed by atoms with Gasteiger partial charge in [-0.1, -0.05) is 12.6 Å². The number of benzene rings is 1. The van der Waals surface area contributed by atoms with Crippen LogP contribution in [0.15, 0.2) is 35.5 Å². The summed E-state index contributed by atoms with van der Waals surface area (Å²) in [5.41, 5.74) is 0.457.